The molecule has 1 saturated heterocycles. The van der Waals surface area contributed by atoms with Gasteiger partial charge < -0.3 is 9.32 Å². The van der Waals surface area contributed by atoms with Crippen LogP contribution in [0.4, 0.5) is 4.39 Å². The Morgan fingerprint density at radius 2 is 1.68 bits per heavy atom. The summed E-state index contributed by atoms with van der Waals surface area (Å²) in [4.78, 5) is 14.1. The predicted octanol–water partition coefficient (Wildman–Crippen LogP) is 3.16. The Bertz CT molecular complexity index is 836. The van der Waals surface area contributed by atoms with Crippen molar-refractivity contribution in [1.29, 1.82) is 0 Å². The van der Waals surface area contributed by atoms with Gasteiger partial charge in [0.2, 0.25) is 0 Å². The molecule has 1 aliphatic heterocycles. The quantitative estimate of drug-likeness (QED) is 0.816. The maximum Gasteiger partial charge on any atom is 0.289 e. The fourth-order valence-corrected chi connectivity index (χ4v) is 4.32. The second-order valence-corrected chi connectivity index (χ2v) is 8.34. The summed E-state index contributed by atoms with van der Waals surface area (Å²) in [6.45, 7) is 1.41. The number of nitrogens with zero attached hydrogens (tertiary/aromatic N) is 1. The van der Waals surface area contributed by atoms with E-state index in [4.69, 9.17) is 4.42 Å². The highest BCUT2D eigenvalue weighted by Gasteiger charge is 2.22. The lowest BCUT2D eigenvalue weighted by Crippen LogP contribution is -2.35. The molecule has 3 rings (SSSR count). The number of likely N-dealkylation sites (tertiary alicyclic amines) is 1. The number of rotatable bonds is 5. The number of halogens is 1. The van der Waals surface area contributed by atoms with Crippen LogP contribution in [0, 0.1) is 5.82 Å². The van der Waals surface area contributed by atoms with E-state index in [9.17, 15) is 17.6 Å². The molecule has 0 spiro atoms. The van der Waals surface area contributed by atoms with Gasteiger partial charge in [0.25, 0.3) is 5.91 Å². The van der Waals surface area contributed by atoms with Crippen LogP contribution in [-0.4, -0.2) is 32.3 Å². The van der Waals surface area contributed by atoms with Crippen LogP contribution in [0.5, 0.6) is 0 Å². The molecule has 0 bridgehead atoms. The molecular weight excluding hydrogens is 345 g/mol. The van der Waals surface area contributed by atoms with Gasteiger partial charge in [-0.2, -0.15) is 0 Å². The summed E-state index contributed by atoms with van der Waals surface area (Å²) in [5.41, 5.74) is 0.512. The minimum atomic E-state index is -3.48. The molecule has 0 atom stereocenters. The second kappa shape index (κ2) is 7.39. The molecule has 0 saturated carbocycles. The van der Waals surface area contributed by atoms with Gasteiger partial charge in [-0.1, -0.05) is 12.1 Å². The fraction of sp³-hybridized carbons (Fsp3) is 0.389. The largest absolute Gasteiger partial charge is 0.455 e. The van der Waals surface area contributed by atoms with E-state index in [1.165, 1.54) is 36.4 Å². The van der Waals surface area contributed by atoms with Crippen LogP contribution in [0.3, 0.4) is 0 Å². The smallest absolute Gasteiger partial charge is 0.289 e. The van der Waals surface area contributed by atoms with Crippen molar-refractivity contribution in [1.82, 2.24) is 4.90 Å². The van der Waals surface area contributed by atoms with Crippen LogP contribution in [0.1, 0.15) is 41.1 Å². The standard InChI is InChI=1S/C18H20FNO4S/c19-15-6-4-14(5-7-15)12-25(22,23)13-16-8-9-17(24-16)18(21)20-10-2-1-3-11-20/h4-9H,1-3,10-13H2. The van der Waals surface area contributed by atoms with Crippen LogP contribution in [0.15, 0.2) is 40.8 Å². The normalized spacial score (nSPS) is 15.3. The molecule has 2 heterocycles. The molecule has 1 fully saturated rings. The summed E-state index contributed by atoms with van der Waals surface area (Å²) in [6, 6.07) is 8.40. The number of hydrogen-bond donors (Lipinski definition) is 0. The maximum absolute atomic E-state index is 12.9. The van der Waals surface area contributed by atoms with Crippen LogP contribution >= 0.6 is 0 Å². The third kappa shape index (κ3) is 4.69. The minimum absolute atomic E-state index is 0.175. The van der Waals surface area contributed by atoms with E-state index >= 15 is 0 Å². The molecule has 25 heavy (non-hydrogen) atoms. The number of sulfone groups is 1. The molecule has 7 heteroatoms. The summed E-state index contributed by atoms with van der Waals surface area (Å²) >= 11 is 0. The van der Waals surface area contributed by atoms with Gasteiger partial charge in [0.1, 0.15) is 17.3 Å². The molecule has 0 N–H and O–H groups in total. The van der Waals surface area contributed by atoms with E-state index < -0.39 is 15.7 Å². The van der Waals surface area contributed by atoms with Crippen molar-refractivity contribution in [3.8, 4) is 0 Å². The zero-order chi connectivity index (χ0) is 17.9. The van der Waals surface area contributed by atoms with Gasteiger partial charge in [-0.05, 0) is 49.1 Å². The summed E-state index contributed by atoms with van der Waals surface area (Å²) < 4.78 is 42.9. The zero-order valence-corrected chi connectivity index (χ0v) is 14.6. The topological polar surface area (TPSA) is 67.6 Å². The first-order chi connectivity index (χ1) is 11.9. The third-order valence-corrected chi connectivity index (χ3v) is 5.68. The van der Waals surface area contributed by atoms with E-state index in [0.717, 1.165) is 19.3 Å². The highest BCUT2D eigenvalue weighted by atomic mass is 32.2. The van der Waals surface area contributed by atoms with Crippen molar-refractivity contribution < 1.29 is 22.0 Å². The average molecular weight is 365 g/mol. The van der Waals surface area contributed by atoms with Gasteiger partial charge in [-0.25, -0.2) is 12.8 Å². The lowest BCUT2D eigenvalue weighted by atomic mass is 10.1. The zero-order valence-electron chi connectivity index (χ0n) is 13.8. The number of amides is 1. The van der Waals surface area contributed by atoms with Crippen molar-refractivity contribution >= 4 is 15.7 Å². The van der Waals surface area contributed by atoms with Crippen molar-refractivity contribution in [2.24, 2.45) is 0 Å². The molecule has 134 valence electrons. The Balaban J connectivity index is 1.65. The Kier molecular flexibility index (Phi) is 5.22. The second-order valence-electron chi connectivity index (χ2n) is 6.28. The average Bonchev–Trinajstić information content (AvgIpc) is 3.04. The first-order valence-electron chi connectivity index (χ1n) is 8.26. The Morgan fingerprint density at radius 3 is 2.36 bits per heavy atom. The van der Waals surface area contributed by atoms with Crippen LogP contribution in [0.25, 0.3) is 0 Å². The number of carbonyl (C=O) groups excluding carboxylic acids is 1. The predicted molar refractivity (Wildman–Crippen MR) is 91.2 cm³/mol. The number of piperidine rings is 1. The number of benzene rings is 1. The molecule has 0 aliphatic carbocycles. The molecule has 5 nitrogen and oxygen atoms in total. The number of carbonyl (C=O) groups is 1. The molecule has 1 aliphatic rings. The molecule has 1 aromatic heterocycles. The van der Waals surface area contributed by atoms with Crippen molar-refractivity contribution in [3.63, 3.8) is 0 Å². The van der Waals surface area contributed by atoms with Crippen molar-refractivity contribution in [2.75, 3.05) is 13.1 Å². The maximum atomic E-state index is 12.9. The Labute approximate surface area is 146 Å². The SMILES string of the molecule is O=C(c1ccc(CS(=O)(=O)Cc2ccc(F)cc2)o1)N1CCCCC1. The summed E-state index contributed by atoms with van der Waals surface area (Å²) in [6.07, 6.45) is 3.07. The lowest BCUT2D eigenvalue weighted by Gasteiger charge is -2.25. The van der Waals surface area contributed by atoms with E-state index in [-0.39, 0.29) is 28.9 Å². The van der Waals surface area contributed by atoms with Crippen LogP contribution in [-0.2, 0) is 21.3 Å². The third-order valence-electron chi connectivity index (χ3n) is 4.18. The first kappa shape index (κ1) is 17.7. The summed E-state index contributed by atoms with van der Waals surface area (Å²) in [5.74, 6) is -0.688. The van der Waals surface area contributed by atoms with Gasteiger partial charge >= 0.3 is 0 Å². The lowest BCUT2D eigenvalue weighted by molar-refractivity contribution is 0.0690. The molecule has 1 aromatic carbocycles. The summed E-state index contributed by atoms with van der Waals surface area (Å²) in [5, 5.41) is 0. The van der Waals surface area contributed by atoms with E-state index in [2.05, 4.69) is 0 Å². The molecule has 2 aromatic rings. The van der Waals surface area contributed by atoms with E-state index in [0.29, 0.717) is 18.7 Å². The summed E-state index contributed by atoms with van der Waals surface area (Å²) in [7, 11) is -3.48. The van der Waals surface area contributed by atoms with Crippen molar-refractivity contribution in [3.05, 3.63) is 59.3 Å². The first-order valence-corrected chi connectivity index (χ1v) is 10.1. The van der Waals surface area contributed by atoms with Gasteiger partial charge in [0, 0.05) is 13.1 Å². The van der Waals surface area contributed by atoms with Crippen LogP contribution < -0.4 is 0 Å². The molecular formula is C18H20FNO4S. The molecule has 1 amide bonds. The number of hydrogen-bond acceptors (Lipinski definition) is 4. The molecule has 0 unspecified atom stereocenters. The Morgan fingerprint density at radius 1 is 1.00 bits per heavy atom. The monoisotopic (exact) mass is 365 g/mol. The fourth-order valence-electron chi connectivity index (χ4n) is 2.93. The Hall–Kier alpha value is -2.15. The highest BCUT2D eigenvalue weighted by molar-refractivity contribution is 7.89. The van der Waals surface area contributed by atoms with E-state index in [1.54, 1.807) is 4.90 Å². The minimum Gasteiger partial charge on any atom is -0.455 e. The van der Waals surface area contributed by atoms with Crippen LogP contribution in [0.2, 0.25) is 0 Å². The van der Waals surface area contributed by atoms with Crippen molar-refractivity contribution in [2.45, 2.75) is 30.8 Å². The van der Waals surface area contributed by atoms with Gasteiger partial charge in [0.05, 0.1) is 5.75 Å². The highest BCUT2D eigenvalue weighted by Crippen LogP contribution is 2.18. The van der Waals surface area contributed by atoms with Gasteiger partial charge in [-0.3, -0.25) is 4.79 Å². The van der Waals surface area contributed by atoms with E-state index in [1.807, 2.05) is 0 Å². The molecule has 0 radical (unpaired) electrons. The van der Waals surface area contributed by atoms with Gasteiger partial charge in [0.15, 0.2) is 15.6 Å². The number of furan rings is 1. The van der Waals surface area contributed by atoms with Gasteiger partial charge in [-0.15, -0.1) is 0 Å².